The number of amides is 1. The number of thiocarbonyl (C=S) groups is 1. The second kappa shape index (κ2) is 9.63. The van der Waals surface area contributed by atoms with Gasteiger partial charge in [-0.2, -0.15) is 18.3 Å². The lowest BCUT2D eigenvalue weighted by molar-refractivity contribution is -0.173. The summed E-state index contributed by atoms with van der Waals surface area (Å²) >= 11 is 5.09. The van der Waals surface area contributed by atoms with Gasteiger partial charge in [-0.3, -0.25) is 15.6 Å². The van der Waals surface area contributed by atoms with Gasteiger partial charge in [0.2, 0.25) is 0 Å². The van der Waals surface area contributed by atoms with Crippen molar-refractivity contribution in [3.8, 4) is 5.75 Å². The molecule has 0 bridgehead atoms. The molecule has 0 radical (unpaired) electrons. The summed E-state index contributed by atoms with van der Waals surface area (Å²) in [5.74, 6) is 0.475. The molecular formula is C21H21F3N6O3S. The number of halogens is 3. The van der Waals surface area contributed by atoms with E-state index in [4.69, 9.17) is 21.4 Å². The van der Waals surface area contributed by atoms with E-state index in [0.717, 1.165) is 10.9 Å². The standard InChI is InChI=1S/C21H21F3N6O3S/c1-32-13-6-4-12(5-7-13)16-9-17(21(22,23)24)30-18(27-16)15(11-26-30)19(31)28-29-20(34)25-10-14-3-2-8-33-14/h2-8,11,16-17,27H,9-10H2,1H3,(H,28,31)(H2,25,29,34). The van der Waals surface area contributed by atoms with Crippen LogP contribution in [0.1, 0.15) is 40.2 Å². The Morgan fingerprint density at radius 2 is 2.06 bits per heavy atom. The second-order valence-corrected chi connectivity index (χ2v) is 7.86. The van der Waals surface area contributed by atoms with E-state index in [2.05, 4.69) is 26.6 Å². The van der Waals surface area contributed by atoms with Crippen molar-refractivity contribution in [1.29, 1.82) is 0 Å². The highest BCUT2D eigenvalue weighted by Gasteiger charge is 2.47. The van der Waals surface area contributed by atoms with Gasteiger partial charge in [0.05, 0.1) is 32.2 Å². The Labute approximate surface area is 197 Å². The number of furan rings is 1. The molecule has 3 aromatic rings. The highest BCUT2D eigenvalue weighted by molar-refractivity contribution is 7.80. The van der Waals surface area contributed by atoms with Crippen LogP contribution in [0.5, 0.6) is 5.75 Å². The monoisotopic (exact) mass is 494 g/mol. The van der Waals surface area contributed by atoms with Crippen LogP contribution in [0.4, 0.5) is 19.0 Å². The Balaban J connectivity index is 1.49. The fraction of sp³-hybridized carbons (Fsp3) is 0.286. The first-order valence-corrected chi connectivity index (χ1v) is 10.6. The topological polar surface area (TPSA) is 105 Å². The molecule has 1 amide bonds. The number of alkyl halides is 3. The molecule has 9 nitrogen and oxygen atoms in total. The van der Waals surface area contributed by atoms with Crippen LogP contribution in [0.15, 0.2) is 53.3 Å². The highest BCUT2D eigenvalue weighted by Crippen LogP contribution is 2.44. The maximum absolute atomic E-state index is 13.8. The van der Waals surface area contributed by atoms with E-state index in [-0.39, 0.29) is 29.5 Å². The number of methoxy groups -OCH3 is 1. The van der Waals surface area contributed by atoms with E-state index in [1.165, 1.54) is 13.4 Å². The van der Waals surface area contributed by atoms with Gasteiger partial charge in [-0.05, 0) is 42.0 Å². The maximum Gasteiger partial charge on any atom is 0.410 e. The summed E-state index contributed by atoms with van der Waals surface area (Å²) in [6, 6.07) is 7.56. The average Bonchev–Trinajstić information content (AvgIpc) is 3.50. The van der Waals surface area contributed by atoms with Crippen LogP contribution in [0.3, 0.4) is 0 Å². The molecular weight excluding hydrogens is 473 g/mol. The molecule has 2 atom stereocenters. The smallest absolute Gasteiger partial charge is 0.410 e. The van der Waals surface area contributed by atoms with Gasteiger partial charge in [-0.25, -0.2) is 4.68 Å². The number of rotatable bonds is 5. The Kier molecular flexibility index (Phi) is 6.63. The molecule has 2 unspecified atom stereocenters. The molecule has 0 fully saturated rings. The summed E-state index contributed by atoms with van der Waals surface area (Å²) in [5.41, 5.74) is 5.45. The van der Waals surface area contributed by atoms with Gasteiger partial charge < -0.3 is 19.8 Å². The predicted octanol–water partition coefficient (Wildman–Crippen LogP) is 3.45. The summed E-state index contributed by atoms with van der Waals surface area (Å²) in [5, 5.41) is 9.80. The molecule has 0 spiro atoms. The average molecular weight is 494 g/mol. The molecule has 1 aromatic carbocycles. The van der Waals surface area contributed by atoms with Crippen LogP contribution in [0.25, 0.3) is 0 Å². The van der Waals surface area contributed by atoms with Gasteiger partial charge in [0.1, 0.15) is 22.9 Å². The molecule has 1 aliphatic heterocycles. The normalized spacial score (nSPS) is 17.3. The molecule has 4 N–H and O–H groups in total. The van der Waals surface area contributed by atoms with Gasteiger partial charge in [0.15, 0.2) is 11.2 Å². The van der Waals surface area contributed by atoms with E-state index in [9.17, 15) is 18.0 Å². The van der Waals surface area contributed by atoms with Crippen molar-refractivity contribution in [1.82, 2.24) is 25.9 Å². The lowest BCUT2D eigenvalue weighted by Crippen LogP contribution is -2.46. The van der Waals surface area contributed by atoms with Crippen molar-refractivity contribution in [2.75, 3.05) is 12.4 Å². The molecule has 2 aromatic heterocycles. The number of carbonyl (C=O) groups is 1. The first kappa shape index (κ1) is 23.4. The van der Waals surface area contributed by atoms with Crippen molar-refractivity contribution in [3.05, 3.63) is 65.7 Å². The van der Waals surface area contributed by atoms with Crippen molar-refractivity contribution in [2.24, 2.45) is 0 Å². The third-order valence-corrected chi connectivity index (χ3v) is 5.54. The SMILES string of the molecule is COc1ccc(C2CC(C(F)(F)F)n3ncc(C(=O)NNC(=S)NCc4ccco4)c3N2)cc1. The van der Waals surface area contributed by atoms with Crippen LogP contribution < -0.4 is 26.2 Å². The number of aromatic nitrogens is 2. The Morgan fingerprint density at radius 1 is 1.29 bits per heavy atom. The lowest BCUT2D eigenvalue weighted by Gasteiger charge is -2.34. The van der Waals surface area contributed by atoms with Crippen LogP contribution in [0, 0.1) is 0 Å². The number of anilines is 1. The molecule has 1 aliphatic rings. The summed E-state index contributed by atoms with van der Waals surface area (Å²) < 4.78 is 52.6. The zero-order chi connectivity index (χ0) is 24.3. The minimum atomic E-state index is -4.56. The van der Waals surface area contributed by atoms with E-state index < -0.39 is 24.2 Å². The van der Waals surface area contributed by atoms with Crippen LogP contribution in [-0.4, -0.2) is 34.1 Å². The zero-order valence-electron chi connectivity index (χ0n) is 17.8. The van der Waals surface area contributed by atoms with Gasteiger partial charge in [-0.1, -0.05) is 12.1 Å². The number of hydrogen-bond acceptors (Lipinski definition) is 6. The van der Waals surface area contributed by atoms with Crippen LogP contribution in [0.2, 0.25) is 0 Å². The minimum Gasteiger partial charge on any atom is -0.497 e. The van der Waals surface area contributed by atoms with Crippen LogP contribution in [-0.2, 0) is 6.54 Å². The lowest BCUT2D eigenvalue weighted by atomic mass is 9.96. The number of carbonyl (C=O) groups excluding carboxylic acids is 1. The maximum atomic E-state index is 13.8. The van der Waals surface area contributed by atoms with Gasteiger partial charge in [0, 0.05) is 6.42 Å². The van der Waals surface area contributed by atoms with E-state index in [1.54, 1.807) is 36.4 Å². The number of fused-ring (bicyclic) bond motifs is 1. The zero-order valence-corrected chi connectivity index (χ0v) is 18.7. The van der Waals surface area contributed by atoms with E-state index >= 15 is 0 Å². The third kappa shape index (κ3) is 5.09. The molecule has 34 heavy (non-hydrogen) atoms. The first-order chi connectivity index (χ1) is 16.3. The first-order valence-electron chi connectivity index (χ1n) is 10.2. The minimum absolute atomic E-state index is 0.0387. The molecule has 0 aliphatic carbocycles. The molecule has 13 heteroatoms. The van der Waals surface area contributed by atoms with Gasteiger partial charge in [-0.15, -0.1) is 0 Å². The Hall–Kier alpha value is -3.74. The predicted molar refractivity (Wildman–Crippen MR) is 120 cm³/mol. The fourth-order valence-corrected chi connectivity index (χ4v) is 3.71. The van der Waals surface area contributed by atoms with Crippen molar-refractivity contribution in [2.45, 2.75) is 31.2 Å². The molecule has 3 heterocycles. The number of ether oxygens (including phenoxy) is 1. The molecule has 4 rings (SSSR count). The number of nitrogens with one attached hydrogen (secondary N) is 4. The molecule has 0 saturated heterocycles. The largest absolute Gasteiger partial charge is 0.497 e. The van der Waals surface area contributed by atoms with Crippen molar-refractivity contribution in [3.63, 3.8) is 0 Å². The number of hydrazine groups is 1. The van der Waals surface area contributed by atoms with Crippen LogP contribution >= 0.6 is 12.2 Å². The third-order valence-electron chi connectivity index (χ3n) is 5.29. The Bertz CT molecular complexity index is 1150. The highest BCUT2D eigenvalue weighted by atomic mass is 32.1. The van der Waals surface area contributed by atoms with Crippen molar-refractivity contribution >= 4 is 29.1 Å². The Morgan fingerprint density at radius 3 is 2.71 bits per heavy atom. The van der Waals surface area contributed by atoms with Crippen molar-refractivity contribution < 1.29 is 27.1 Å². The summed E-state index contributed by atoms with van der Waals surface area (Å²) in [6.07, 6.45) is -2.24. The summed E-state index contributed by atoms with van der Waals surface area (Å²) in [7, 11) is 1.50. The summed E-state index contributed by atoms with van der Waals surface area (Å²) in [6.45, 7) is 0.288. The number of hydrogen-bond donors (Lipinski definition) is 4. The molecule has 180 valence electrons. The summed E-state index contributed by atoms with van der Waals surface area (Å²) in [4.78, 5) is 12.7. The fourth-order valence-electron chi connectivity index (χ4n) is 3.59. The molecule has 0 saturated carbocycles. The number of benzene rings is 1. The van der Waals surface area contributed by atoms with Gasteiger partial charge in [0.25, 0.3) is 5.91 Å². The quantitative estimate of drug-likeness (QED) is 0.316. The van der Waals surface area contributed by atoms with E-state index in [1.807, 2.05) is 0 Å². The van der Waals surface area contributed by atoms with Gasteiger partial charge >= 0.3 is 6.18 Å². The van der Waals surface area contributed by atoms with E-state index in [0.29, 0.717) is 17.1 Å². The second-order valence-electron chi connectivity index (χ2n) is 7.46. The number of nitrogens with zero attached hydrogens (tertiary/aromatic N) is 2.